The predicted molar refractivity (Wildman–Crippen MR) is 91.8 cm³/mol. The molecule has 4 heteroatoms. The molecule has 0 aliphatic carbocycles. The van der Waals surface area contributed by atoms with Gasteiger partial charge in [0.1, 0.15) is 0 Å². The van der Waals surface area contributed by atoms with Crippen molar-refractivity contribution >= 4 is 18.3 Å². The number of carbonyl (C=O) groups is 1. The van der Waals surface area contributed by atoms with Gasteiger partial charge in [0.05, 0.1) is 12.1 Å². The van der Waals surface area contributed by atoms with Crippen LogP contribution in [0.3, 0.4) is 0 Å². The molecule has 1 rings (SSSR count). The van der Waals surface area contributed by atoms with Crippen molar-refractivity contribution in [3.05, 3.63) is 35.4 Å². The lowest BCUT2D eigenvalue weighted by Crippen LogP contribution is -2.41. The normalized spacial score (nSPS) is 14.0. The van der Waals surface area contributed by atoms with Crippen LogP contribution in [0.5, 0.6) is 0 Å². The summed E-state index contributed by atoms with van der Waals surface area (Å²) in [4.78, 5) is 11.9. The number of hydrogen-bond donors (Lipinski definition) is 2. The topological polar surface area (TPSA) is 55.1 Å². The molecule has 1 aromatic rings. The highest BCUT2D eigenvalue weighted by atomic mass is 35.5. The summed E-state index contributed by atoms with van der Waals surface area (Å²) in [5.41, 5.74) is 8.37. The Morgan fingerprint density at radius 1 is 1.24 bits per heavy atom. The fourth-order valence-corrected chi connectivity index (χ4v) is 2.12. The van der Waals surface area contributed by atoms with Crippen molar-refractivity contribution in [1.29, 1.82) is 0 Å². The number of benzene rings is 1. The molecule has 0 spiro atoms. The second kappa shape index (κ2) is 8.40. The van der Waals surface area contributed by atoms with Crippen molar-refractivity contribution in [3.8, 4) is 0 Å². The number of nitrogens with two attached hydrogens (primary N) is 1. The lowest BCUT2D eigenvalue weighted by Gasteiger charge is -2.21. The second-order valence-electron chi connectivity index (χ2n) is 6.50. The Labute approximate surface area is 135 Å². The molecule has 3 nitrogen and oxygen atoms in total. The molecule has 2 atom stereocenters. The summed E-state index contributed by atoms with van der Waals surface area (Å²) in [7, 11) is 0. The fourth-order valence-electron chi connectivity index (χ4n) is 2.12. The summed E-state index contributed by atoms with van der Waals surface area (Å²) in [5.74, 6) is -0.0701. The molecule has 0 saturated heterocycles. The molecule has 0 bridgehead atoms. The van der Waals surface area contributed by atoms with E-state index < -0.39 is 6.04 Å². The molecular formula is C17H29ClN2O. The van der Waals surface area contributed by atoms with Crippen LogP contribution >= 0.6 is 12.4 Å². The number of carbonyl (C=O) groups excluding carboxylic acids is 1. The molecule has 2 unspecified atom stereocenters. The van der Waals surface area contributed by atoms with Gasteiger partial charge in [-0.25, -0.2) is 0 Å². The Balaban J connectivity index is 0.00000400. The highest BCUT2D eigenvalue weighted by Gasteiger charge is 2.17. The fraction of sp³-hybridized carbons (Fsp3) is 0.588. The van der Waals surface area contributed by atoms with E-state index in [2.05, 4.69) is 50.4 Å². The SMILES string of the molecule is CCCC(N)C(=O)NC(C)c1ccc(C(C)(C)C)cc1.Cl. The third kappa shape index (κ3) is 6.06. The van der Waals surface area contributed by atoms with Gasteiger partial charge in [-0.2, -0.15) is 0 Å². The van der Waals surface area contributed by atoms with Gasteiger partial charge in [-0.1, -0.05) is 58.4 Å². The maximum absolute atomic E-state index is 11.9. The maximum atomic E-state index is 11.9. The van der Waals surface area contributed by atoms with Crippen molar-refractivity contribution in [2.24, 2.45) is 5.73 Å². The minimum atomic E-state index is -0.406. The van der Waals surface area contributed by atoms with E-state index in [-0.39, 0.29) is 29.8 Å². The molecule has 21 heavy (non-hydrogen) atoms. The number of amides is 1. The van der Waals surface area contributed by atoms with Gasteiger partial charge < -0.3 is 11.1 Å². The summed E-state index contributed by atoms with van der Waals surface area (Å²) in [6.45, 7) is 10.6. The van der Waals surface area contributed by atoms with Gasteiger partial charge in [0.25, 0.3) is 0 Å². The number of hydrogen-bond acceptors (Lipinski definition) is 2. The van der Waals surface area contributed by atoms with Crippen LogP contribution in [0.4, 0.5) is 0 Å². The summed E-state index contributed by atoms with van der Waals surface area (Å²) >= 11 is 0. The third-order valence-corrected chi connectivity index (χ3v) is 3.57. The predicted octanol–water partition coefficient (Wildman–Crippen LogP) is 3.71. The summed E-state index contributed by atoms with van der Waals surface area (Å²) in [6, 6.07) is 8.00. The van der Waals surface area contributed by atoms with Crippen LogP contribution < -0.4 is 11.1 Å². The largest absolute Gasteiger partial charge is 0.348 e. The van der Waals surface area contributed by atoms with Gasteiger partial charge >= 0.3 is 0 Å². The zero-order valence-corrected chi connectivity index (χ0v) is 14.6. The van der Waals surface area contributed by atoms with E-state index in [0.717, 1.165) is 18.4 Å². The van der Waals surface area contributed by atoms with Crippen LogP contribution in [0.25, 0.3) is 0 Å². The summed E-state index contributed by atoms with van der Waals surface area (Å²) in [5, 5.41) is 2.98. The molecule has 0 fully saturated rings. The lowest BCUT2D eigenvalue weighted by atomic mass is 9.86. The van der Waals surface area contributed by atoms with Crippen LogP contribution in [-0.2, 0) is 10.2 Å². The van der Waals surface area contributed by atoms with Crippen LogP contribution in [0.2, 0.25) is 0 Å². The van der Waals surface area contributed by atoms with Gasteiger partial charge in [-0.3, -0.25) is 4.79 Å². The zero-order valence-electron chi connectivity index (χ0n) is 13.8. The molecule has 0 radical (unpaired) electrons. The van der Waals surface area contributed by atoms with E-state index in [1.165, 1.54) is 5.56 Å². The average molecular weight is 313 g/mol. The standard InChI is InChI=1S/C17H28N2O.ClH/c1-6-7-15(18)16(20)19-12(2)13-8-10-14(11-9-13)17(3,4)5;/h8-12,15H,6-7,18H2,1-5H3,(H,19,20);1H. The molecule has 0 aliphatic rings. The van der Waals surface area contributed by atoms with E-state index in [1.54, 1.807) is 0 Å². The minimum absolute atomic E-state index is 0. The van der Waals surface area contributed by atoms with Gasteiger partial charge in [-0.05, 0) is 29.9 Å². The first kappa shape index (κ1) is 19.9. The second-order valence-corrected chi connectivity index (χ2v) is 6.50. The van der Waals surface area contributed by atoms with Crippen LogP contribution in [0.1, 0.15) is 64.6 Å². The number of nitrogens with one attached hydrogen (secondary N) is 1. The number of halogens is 1. The monoisotopic (exact) mass is 312 g/mol. The van der Waals surface area contributed by atoms with Gasteiger partial charge in [0.2, 0.25) is 5.91 Å². The Morgan fingerprint density at radius 3 is 2.19 bits per heavy atom. The van der Waals surface area contributed by atoms with Crippen LogP contribution in [0.15, 0.2) is 24.3 Å². The highest BCUT2D eigenvalue weighted by molar-refractivity contribution is 5.85. The quantitative estimate of drug-likeness (QED) is 0.870. The summed E-state index contributed by atoms with van der Waals surface area (Å²) < 4.78 is 0. The smallest absolute Gasteiger partial charge is 0.237 e. The van der Waals surface area contributed by atoms with Crippen molar-refractivity contribution in [1.82, 2.24) is 5.32 Å². The molecule has 1 amide bonds. The van der Waals surface area contributed by atoms with E-state index in [4.69, 9.17) is 5.73 Å². The van der Waals surface area contributed by atoms with Crippen LogP contribution in [-0.4, -0.2) is 11.9 Å². The first-order valence-corrected chi connectivity index (χ1v) is 7.42. The first-order chi connectivity index (χ1) is 9.25. The lowest BCUT2D eigenvalue weighted by molar-refractivity contribution is -0.123. The van der Waals surface area contributed by atoms with Gasteiger partial charge in [-0.15, -0.1) is 12.4 Å². The highest BCUT2D eigenvalue weighted by Crippen LogP contribution is 2.23. The van der Waals surface area contributed by atoms with Crippen molar-refractivity contribution in [2.75, 3.05) is 0 Å². The van der Waals surface area contributed by atoms with E-state index >= 15 is 0 Å². The molecule has 0 aromatic heterocycles. The van der Waals surface area contributed by atoms with Crippen molar-refractivity contribution in [3.63, 3.8) is 0 Å². The molecule has 1 aromatic carbocycles. The van der Waals surface area contributed by atoms with E-state index in [0.29, 0.717) is 0 Å². The van der Waals surface area contributed by atoms with E-state index in [9.17, 15) is 4.79 Å². The minimum Gasteiger partial charge on any atom is -0.348 e. The molecular weight excluding hydrogens is 284 g/mol. The molecule has 3 N–H and O–H groups in total. The van der Waals surface area contributed by atoms with Crippen LogP contribution in [0, 0.1) is 0 Å². The van der Waals surface area contributed by atoms with Gasteiger partial charge in [0, 0.05) is 0 Å². The molecule has 120 valence electrons. The molecule has 0 heterocycles. The summed E-state index contributed by atoms with van der Waals surface area (Å²) in [6.07, 6.45) is 1.64. The number of rotatable bonds is 5. The van der Waals surface area contributed by atoms with E-state index in [1.807, 2.05) is 13.8 Å². The Bertz CT molecular complexity index is 437. The molecule has 0 saturated carbocycles. The Kier molecular flexibility index (Phi) is 7.98. The zero-order chi connectivity index (χ0) is 15.3. The van der Waals surface area contributed by atoms with Crippen molar-refractivity contribution < 1.29 is 4.79 Å². The first-order valence-electron chi connectivity index (χ1n) is 7.42. The Morgan fingerprint density at radius 2 is 1.76 bits per heavy atom. The molecule has 0 aliphatic heterocycles. The third-order valence-electron chi connectivity index (χ3n) is 3.57. The Hall–Kier alpha value is -1.06. The van der Waals surface area contributed by atoms with Crippen molar-refractivity contribution in [2.45, 2.75) is 65.0 Å². The van der Waals surface area contributed by atoms with Gasteiger partial charge in [0.15, 0.2) is 0 Å². The maximum Gasteiger partial charge on any atom is 0.237 e. The average Bonchev–Trinajstić information content (AvgIpc) is 2.38.